The maximum Gasteiger partial charge on any atom is 0.434 e. The first-order valence-corrected chi connectivity index (χ1v) is 9.29. The van der Waals surface area contributed by atoms with E-state index in [1.165, 1.54) is 0 Å². The summed E-state index contributed by atoms with van der Waals surface area (Å²) in [5, 5.41) is 2.67. The summed E-state index contributed by atoms with van der Waals surface area (Å²) in [5.41, 5.74) is 1.18. The Morgan fingerprint density at radius 1 is 1.23 bits per heavy atom. The van der Waals surface area contributed by atoms with Gasteiger partial charge in [0.2, 0.25) is 0 Å². The number of benzene rings is 1. The van der Waals surface area contributed by atoms with Crippen LogP contribution in [-0.4, -0.2) is 28.0 Å². The van der Waals surface area contributed by atoms with E-state index in [2.05, 4.69) is 19.9 Å². The first kappa shape index (κ1) is 17.2. The molecule has 0 radical (unpaired) electrons. The van der Waals surface area contributed by atoms with Crippen LogP contribution in [0.5, 0.6) is 0 Å². The molecule has 1 aliphatic heterocycles. The Labute approximate surface area is 152 Å². The van der Waals surface area contributed by atoms with Crippen LogP contribution < -0.4 is 4.90 Å². The number of hydrogen-bond donors (Lipinski definition) is 0. The van der Waals surface area contributed by atoms with Crippen molar-refractivity contribution in [3.63, 3.8) is 0 Å². The number of fused-ring (bicyclic) bond motifs is 1. The molecule has 0 amide bonds. The van der Waals surface area contributed by atoms with E-state index in [0.29, 0.717) is 11.6 Å². The smallest absolute Gasteiger partial charge is 0.355 e. The number of aromatic nitrogens is 3. The van der Waals surface area contributed by atoms with Crippen LogP contribution in [0.1, 0.15) is 35.0 Å². The van der Waals surface area contributed by atoms with E-state index in [1.54, 1.807) is 6.33 Å². The Bertz CT molecular complexity index is 932. The van der Waals surface area contributed by atoms with Gasteiger partial charge in [-0.15, -0.1) is 11.3 Å². The zero-order valence-electron chi connectivity index (χ0n) is 14.1. The summed E-state index contributed by atoms with van der Waals surface area (Å²) < 4.78 is 38.5. The van der Waals surface area contributed by atoms with Crippen molar-refractivity contribution in [3.05, 3.63) is 46.2 Å². The fourth-order valence-corrected chi connectivity index (χ4v) is 4.43. The predicted molar refractivity (Wildman–Crippen MR) is 95.6 cm³/mol. The highest BCUT2D eigenvalue weighted by Gasteiger charge is 2.35. The van der Waals surface area contributed by atoms with Gasteiger partial charge in [-0.25, -0.2) is 15.0 Å². The number of aryl methyl sites for hydroxylation is 1. The maximum absolute atomic E-state index is 12.8. The van der Waals surface area contributed by atoms with Crippen LogP contribution in [-0.2, 0) is 6.18 Å². The summed E-state index contributed by atoms with van der Waals surface area (Å²) in [6.45, 7) is 3.47. The summed E-state index contributed by atoms with van der Waals surface area (Å²) in [7, 11) is 0. The molecule has 1 aliphatic rings. The Morgan fingerprint density at radius 3 is 2.85 bits per heavy atom. The van der Waals surface area contributed by atoms with E-state index < -0.39 is 11.9 Å². The number of rotatable bonds is 2. The zero-order chi connectivity index (χ0) is 18.3. The summed E-state index contributed by atoms with van der Waals surface area (Å²) in [6, 6.07) is 5.93. The summed E-state index contributed by atoms with van der Waals surface area (Å²) >= 11 is 1.10. The number of anilines is 1. The van der Waals surface area contributed by atoms with Crippen LogP contribution in [0.25, 0.3) is 10.9 Å². The average molecular weight is 378 g/mol. The second-order valence-corrected chi connectivity index (χ2v) is 7.41. The lowest BCUT2D eigenvalue weighted by Gasteiger charge is -2.33. The molecular weight excluding hydrogens is 361 g/mol. The third-order valence-electron chi connectivity index (χ3n) is 4.73. The highest BCUT2D eigenvalue weighted by molar-refractivity contribution is 7.09. The van der Waals surface area contributed by atoms with E-state index in [-0.39, 0.29) is 5.92 Å². The molecule has 3 aromatic rings. The van der Waals surface area contributed by atoms with Crippen LogP contribution in [0.15, 0.2) is 29.9 Å². The third-order valence-corrected chi connectivity index (χ3v) is 5.74. The molecule has 1 unspecified atom stereocenters. The van der Waals surface area contributed by atoms with Crippen LogP contribution in [0, 0.1) is 6.92 Å². The molecule has 0 spiro atoms. The monoisotopic (exact) mass is 378 g/mol. The number of piperidine rings is 1. The quantitative estimate of drug-likeness (QED) is 0.643. The SMILES string of the molecule is Cc1cccc2ncnc(N3CCCC(c4nc(C(F)(F)F)cs4)C3)c12. The second kappa shape index (κ2) is 6.50. The molecule has 2 aromatic heterocycles. The van der Waals surface area contributed by atoms with Gasteiger partial charge in [-0.2, -0.15) is 13.2 Å². The first-order chi connectivity index (χ1) is 12.4. The fourth-order valence-electron chi connectivity index (χ4n) is 3.48. The summed E-state index contributed by atoms with van der Waals surface area (Å²) in [6.07, 6.45) is -1.11. The van der Waals surface area contributed by atoms with E-state index in [9.17, 15) is 13.2 Å². The van der Waals surface area contributed by atoms with Crippen molar-refractivity contribution in [2.24, 2.45) is 0 Å². The Morgan fingerprint density at radius 2 is 2.08 bits per heavy atom. The molecule has 0 aliphatic carbocycles. The molecule has 26 heavy (non-hydrogen) atoms. The normalized spacial score (nSPS) is 18.5. The lowest BCUT2D eigenvalue weighted by atomic mass is 9.98. The minimum Gasteiger partial charge on any atom is -0.355 e. The zero-order valence-corrected chi connectivity index (χ0v) is 14.9. The van der Waals surface area contributed by atoms with Gasteiger partial charge >= 0.3 is 6.18 Å². The van der Waals surface area contributed by atoms with Gasteiger partial charge in [0.15, 0.2) is 5.69 Å². The fraction of sp³-hybridized carbons (Fsp3) is 0.389. The molecule has 0 saturated carbocycles. The lowest BCUT2D eigenvalue weighted by molar-refractivity contribution is -0.140. The van der Waals surface area contributed by atoms with Gasteiger partial charge < -0.3 is 4.90 Å². The highest BCUT2D eigenvalue weighted by Crippen LogP contribution is 2.37. The number of hydrogen-bond acceptors (Lipinski definition) is 5. The topological polar surface area (TPSA) is 41.9 Å². The third kappa shape index (κ3) is 3.13. The number of nitrogens with zero attached hydrogens (tertiary/aromatic N) is 4. The van der Waals surface area contributed by atoms with E-state index in [1.807, 2.05) is 25.1 Å². The molecule has 1 aromatic carbocycles. The van der Waals surface area contributed by atoms with Gasteiger partial charge in [0.25, 0.3) is 0 Å². The van der Waals surface area contributed by atoms with Gasteiger partial charge in [0.1, 0.15) is 12.1 Å². The average Bonchev–Trinajstić information content (AvgIpc) is 3.12. The molecule has 1 saturated heterocycles. The lowest BCUT2D eigenvalue weighted by Crippen LogP contribution is -2.35. The number of alkyl halides is 3. The van der Waals surface area contributed by atoms with Crippen molar-refractivity contribution in [1.29, 1.82) is 0 Å². The van der Waals surface area contributed by atoms with Crippen molar-refractivity contribution < 1.29 is 13.2 Å². The van der Waals surface area contributed by atoms with E-state index in [0.717, 1.165) is 58.4 Å². The van der Waals surface area contributed by atoms with Crippen LogP contribution >= 0.6 is 11.3 Å². The molecule has 4 rings (SSSR count). The van der Waals surface area contributed by atoms with Crippen LogP contribution in [0.4, 0.5) is 19.0 Å². The highest BCUT2D eigenvalue weighted by atomic mass is 32.1. The Hall–Kier alpha value is -2.22. The minimum absolute atomic E-state index is 0.0149. The van der Waals surface area contributed by atoms with Gasteiger partial charge in [0, 0.05) is 29.8 Å². The Balaban J connectivity index is 1.65. The molecule has 4 nitrogen and oxygen atoms in total. The molecule has 0 bridgehead atoms. The maximum atomic E-state index is 12.8. The standard InChI is InChI=1S/C18H17F3N4S/c1-11-4-2-6-13-15(11)16(23-10-22-13)25-7-3-5-12(8-25)17-24-14(9-26-17)18(19,20)21/h2,4,6,9-10,12H,3,5,7-8H2,1H3. The minimum atomic E-state index is -4.39. The number of halogens is 3. The molecule has 1 fully saturated rings. The van der Waals surface area contributed by atoms with Gasteiger partial charge in [-0.3, -0.25) is 0 Å². The van der Waals surface area contributed by atoms with Gasteiger partial charge in [0.05, 0.1) is 10.5 Å². The summed E-state index contributed by atoms with van der Waals surface area (Å²) in [5.74, 6) is 0.837. The molecule has 136 valence electrons. The Kier molecular flexibility index (Phi) is 4.30. The molecular formula is C18H17F3N4S. The largest absolute Gasteiger partial charge is 0.434 e. The summed E-state index contributed by atoms with van der Waals surface area (Å²) in [4.78, 5) is 14.8. The van der Waals surface area contributed by atoms with Crippen molar-refractivity contribution in [2.45, 2.75) is 31.9 Å². The van der Waals surface area contributed by atoms with E-state index >= 15 is 0 Å². The number of thiazole rings is 1. The van der Waals surface area contributed by atoms with Crippen molar-refractivity contribution in [2.75, 3.05) is 18.0 Å². The molecule has 0 N–H and O–H groups in total. The molecule has 1 atom stereocenters. The van der Waals surface area contributed by atoms with E-state index in [4.69, 9.17) is 0 Å². The molecule has 3 heterocycles. The van der Waals surface area contributed by atoms with Crippen molar-refractivity contribution >= 4 is 28.1 Å². The van der Waals surface area contributed by atoms with Crippen molar-refractivity contribution in [3.8, 4) is 0 Å². The first-order valence-electron chi connectivity index (χ1n) is 8.41. The van der Waals surface area contributed by atoms with Crippen LogP contribution in [0.3, 0.4) is 0 Å². The predicted octanol–water partition coefficient (Wildman–Crippen LogP) is 4.80. The molecule has 8 heteroatoms. The van der Waals surface area contributed by atoms with Crippen LogP contribution in [0.2, 0.25) is 0 Å². The van der Waals surface area contributed by atoms with Gasteiger partial charge in [-0.1, -0.05) is 12.1 Å². The second-order valence-electron chi connectivity index (χ2n) is 6.52. The van der Waals surface area contributed by atoms with Gasteiger partial charge in [-0.05, 0) is 31.4 Å². The van der Waals surface area contributed by atoms with Crippen molar-refractivity contribution in [1.82, 2.24) is 15.0 Å².